The lowest BCUT2D eigenvalue weighted by atomic mass is 10.1. The Bertz CT molecular complexity index is 593. The van der Waals surface area contributed by atoms with Crippen molar-refractivity contribution in [3.63, 3.8) is 0 Å². The monoisotopic (exact) mass is 319 g/mol. The molecule has 2 aromatic rings. The molecule has 0 aliphatic carbocycles. The van der Waals surface area contributed by atoms with E-state index in [4.69, 9.17) is 16.4 Å². The van der Waals surface area contributed by atoms with Gasteiger partial charge in [-0.25, -0.2) is 0 Å². The van der Waals surface area contributed by atoms with Crippen molar-refractivity contribution in [1.82, 2.24) is 0 Å². The van der Waals surface area contributed by atoms with Crippen LogP contribution in [0.4, 0.5) is 0 Å². The Morgan fingerprint density at radius 1 is 1.10 bits per heavy atom. The normalized spacial score (nSPS) is 11.5. The maximum atomic E-state index is 5.92. The summed E-state index contributed by atoms with van der Waals surface area (Å²) < 4.78 is 0. The fraction of sp³-hybridized carbons (Fsp3) is 0.235. The molecule has 0 saturated carbocycles. The fourth-order valence-corrected chi connectivity index (χ4v) is 2.88. The first-order valence-corrected chi connectivity index (χ1v) is 8.11. The summed E-state index contributed by atoms with van der Waals surface area (Å²) in [6.07, 6.45) is 0.841. The van der Waals surface area contributed by atoms with Gasteiger partial charge in [-0.15, -0.1) is 11.8 Å². The Morgan fingerprint density at radius 2 is 1.76 bits per heavy atom. The van der Waals surface area contributed by atoms with Crippen molar-refractivity contribution in [3.05, 3.63) is 64.7 Å². The van der Waals surface area contributed by atoms with Crippen LogP contribution in [-0.2, 0) is 4.84 Å². The van der Waals surface area contributed by atoms with Gasteiger partial charge in [0.15, 0.2) is 0 Å². The quantitative estimate of drug-likeness (QED) is 0.415. The second-order valence-electron chi connectivity index (χ2n) is 4.64. The van der Waals surface area contributed by atoms with Gasteiger partial charge >= 0.3 is 0 Å². The summed E-state index contributed by atoms with van der Waals surface area (Å²) in [5, 5.41) is 4.86. The highest BCUT2D eigenvalue weighted by molar-refractivity contribution is 7.99. The molecule has 0 unspecified atom stereocenters. The molecule has 2 aromatic carbocycles. The Labute approximate surface area is 135 Å². The number of aryl methyl sites for hydroxylation is 1. The standard InChI is InChI=1S/C17H18ClNOS/c1-13-3-9-16(10-4-13)21-12-11-17(19-20-2)14-5-7-15(18)8-6-14/h3-10H,11-12H2,1-2H3. The highest BCUT2D eigenvalue weighted by Gasteiger charge is 2.05. The molecule has 0 spiro atoms. The molecule has 2 nitrogen and oxygen atoms in total. The summed E-state index contributed by atoms with van der Waals surface area (Å²) in [5.41, 5.74) is 3.27. The zero-order valence-electron chi connectivity index (χ0n) is 12.2. The van der Waals surface area contributed by atoms with Crippen molar-refractivity contribution in [3.8, 4) is 0 Å². The van der Waals surface area contributed by atoms with E-state index < -0.39 is 0 Å². The van der Waals surface area contributed by atoms with Gasteiger partial charge in [-0.1, -0.05) is 46.6 Å². The molecule has 0 aromatic heterocycles. The maximum Gasteiger partial charge on any atom is 0.106 e. The van der Waals surface area contributed by atoms with E-state index in [9.17, 15) is 0 Å². The van der Waals surface area contributed by atoms with E-state index in [1.807, 2.05) is 36.0 Å². The van der Waals surface area contributed by atoms with Gasteiger partial charge in [0.2, 0.25) is 0 Å². The molecule has 0 aliphatic rings. The summed E-state index contributed by atoms with van der Waals surface area (Å²) in [6.45, 7) is 2.10. The Balaban J connectivity index is 1.96. The van der Waals surface area contributed by atoms with E-state index in [0.717, 1.165) is 28.5 Å². The van der Waals surface area contributed by atoms with Crippen LogP contribution in [0.1, 0.15) is 17.5 Å². The Morgan fingerprint density at radius 3 is 2.38 bits per heavy atom. The molecular formula is C17H18ClNOS. The molecule has 4 heteroatoms. The number of oxime groups is 1. The third-order valence-corrected chi connectivity index (χ3v) is 4.27. The number of benzene rings is 2. The molecule has 0 amide bonds. The van der Waals surface area contributed by atoms with E-state index in [-0.39, 0.29) is 0 Å². The van der Waals surface area contributed by atoms with Crippen molar-refractivity contribution in [2.75, 3.05) is 12.9 Å². The molecule has 110 valence electrons. The van der Waals surface area contributed by atoms with Crippen LogP contribution in [0, 0.1) is 6.92 Å². The average molecular weight is 320 g/mol. The Kier molecular flexibility index (Phi) is 6.15. The molecular weight excluding hydrogens is 302 g/mol. The zero-order chi connectivity index (χ0) is 15.1. The average Bonchev–Trinajstić information content (AvgIpc) is 2.49. The van der Waals surface area contributed by atoms with Crippen molar-refractivity contribution in [2.45, 2.75) is 18.2 Å². The van der Waals surface area contributed by atoms with Crippen molar-refractivity contribution >= 4 is 29.1 Å². The molecule has 0 bridgehead atoms. The number of thioether (sulfide) groups is 1. The van der Waals surface area contributed by atoms with Gasteiger partial charge in [-0.2, -0.15) is 0 Å². The number of halogens is 1. The summed E-state index contributed by atoms with van der Waals surface area (Å²) in [6, 6.07) is 16.2. The summed E-state index contributed by atoms with van der Waals surface area (Å²) in [4.78, 5) is 6.22. The smallest absolute Gasteiger partial charge is 0.106 e. The van der Waals surface area contributed by atoms with Gasteiger partial charge < -0.3 is 4.84 Å². The zero-order valence-corrected chi connectivity index (χ0v) is 13.7. The van der Waals surface area contributed by atoms with Gasteiger partial charge in [0.05, 0.1) is 5.71 Å². The van der Waals surface area contributed by atoms with Crippen LogP contribution >= 0.6 is 23.4 Å². The minimum absolute atomic E-state index is 0.726. The summed E-state index contributed by atoms with van der Waals surface area (Å²) in [7, 11) is 1.57. The van der Waals surface area contributed by atoms with E-state index in [1.165, 1.54) is 10.5 Å². The van der Waals surface area contributed by atoms with Crippen molar-refractivity contribution in [2.24, 2.45) is 5.16 Å². The third-order valence-electron chi connectivity index (χ3n) is 3.01. The van der Waals surface area contributed by atoms with Gasteiger partial charge in [0.25, 0.3) is 0 Å². The fourth-order valence-electron chi connectivity index (χ4n) is 1.90. The maximum absolute atomic E-state index is 5.92. The minimum Gasteiger partial charge on any atom is -0.399 e. The van der Waals surface area contributed by atoms with Crippen LogP contribution < -0.4 is 0 Å². The molecule has 0 saturated heterocycles. The van der Waals surface area contributed by atoms with Crippen molar-refractivity contribution < 1.29 is 4.84 Å². The third kappa shape index (κ3) is 5.10. The van der Waals surface area contributed by atoms with E-state index in [1.54, 1.807) is 7.11 Å². The number of rotatable bonds is 6. The lowest BCUT2D eigenvalue weighted by molar-refractivity contribution is 0.213. The molecule has 2 rings (SSSR count). The van der Waals surface area contributed by atoms with Crippen LogP contribution in [0.5, 0.6) is 0 Å². The number of hydrogen-bond acceptors (Lipinski definition) is 3. The lowest BCUT2D eigenvalue weighted by Gasteiger charge is -2.06. The molecule has 0 fully saturated rings. The van der Waals surface area contributed by atoms with E-state index in [0.29, 0.717) is 0 Å². The van der Waals surface area contributed by atoms with Crippen LogP contribution in [-0.4, -0.2) is 18.6 Å². The highest BCUT2D eigenvalue weighted by atomic mass is 35.5. The van der Waals surface area contributed by atoms with E-state index >= 15 is 0 Å². The first-order valence-electron chi connectivity index (χ1n) is 6.74. The SMILES string of the molecule is CON=C(CCSc1ccc(C)cc1)c1ccc(Cl)cc1. The Hall–Kier alpha value is -1.45. The summed E-state index contributed by atoms with van der Waals surface area (Å²) in [5.74, 6) is 0.952. The molecule has 0 aliphatic heterocycles. The molecule has 0 heterocycles. The van der Waals surface area contributed by atoms with Crippen LogP contribution in [0.3, 0.4) is 0 Å². The summed E-state index contributed by atoms with van der Waals surface area (Å²) >= 11 is 7.73. The first-order chi connectivity index (χ1) is 10.2. The van der Waals surface area contributed by atoms with Gasteiger partial charge in [0, 0.05) is 22.1 Å². The van der Waals surface area contributed by atoms with Gasteiger partial charge in [0.1, 0.15) is 7.11 Å². The van der Waals surface area contributed by atoms with Crippen LogP contribution in [0.15, 0.2) is 58.6 Å². The molecule has 0 radical (unpaired) electrons. The molecule has 21 heavy (non-hydrogen) atoms. The van der Waals surface area contributed by atoms with Crippen molar-refractivity contribution in [1.29, 1.82) is 0 Å². The van der Waals surface area contributed by atoms with Gasteiger partial charge in [-0.3, -0.25) is 0 Å². The second kappa shape index (κ2) is 8.11. The topological polar surface area (TPSA) is 21.6 Å². The predicted octanol–water partition coefficient (Wildman–Crippen LogP) is 5.18. The predicted molar refractivity (Wildman–Crippen MR) is 91.5 cm³/mol. The number of nitrogens with zero attached hydrogens (tertiary/aromatic N) is 1. The lowest BCUT2D eigenvalue weighted by Crippen LogP contribution is -2.03. The van der Waals surface area contributed by atoms with Gasteiger partial charge in [-0.05, 0) is 36.8 Å². The van der Waals surface area contributed by atoms with Crippen LogP contribution in [0.2, 0.25) is 5.02 Å². The molecule has 0 atom stereocenters. The minimum atomic E-state index is 0.726. The number of hydrogen-bond donors (Lipinski definition) is 0. The van der Waals surface area contributed by atoms with Crippen LogP contribution in [0.25, 0.3) is 0 Å². The second-order valence-corrected chi connectivity index (χ2v) is 6.24. The first kappa shape index (κ1) is 15.9. The largest absolute Gasteiger partial charge is 0.399 e. The van der Waals surface area contributed by atoms with E-state index in [2.05, 4.69) is 36.3 Å². The highest BCUT2D eigenvalue weighted by Crippen LogP contribution is 2.20. The molecule has 0 N–H and O–H groups in total.